The largest absolute Gasteiger partial charge is 0.480 e. The van der Waals surface area contributed by atoms with Gasteiger partial charge in [-0.05, 0) is 20.8 Å². The topological polar surface area (TPSA) is 78.8 Å². The third-order valence-electron chi connectivity index (χ3n) is 1.07. The number of hydrogen-bond acceptors (Lipinski definition) is 4. The van der Waals surface area contributed by atoms with Crippen LogP contribution in [0, 0.1) is 0 Å². The second-order valence-corrected chi connectivity index (χ2v) is 3.72. The van der Waals surface area contributed by atoms with Crippen molar-refractivity contribution in [1.29, 1.82) is 0 Å². The first-order chi connectivity index (χ1) is 6.31. The predicted molar refractivity (Wildman–Crippen MR) is 53.6 cm³/mol. The summed E-state index contributed by atoms with van der Waals surface area (Å²) in [5.74, 6) is 1.15. The lowest BCUT2D eigenvalue weighted by Gasteiger charge is -2.19. The third kappa shape index (κ3) is 9.09. The molecule has 0 aromatic heterocycles. The molecule has 0 aliphatic rings. The molecule has 14 heavy (non-hydrogen) atoms. The molecule has 0 atom stereocenters. The van der Waals surface area contributed by atoms with E-state index in [1.165, 1.54) is 6.08 Å². The average Bonchev–Trinajstić information content (AvgIpc) is 1.94. The number of alkyl carbamates (subject to hydrolysis) is 1. The summed E-state index contributed by atoms with van der Waals surface area (Å²) in [5.41, 5.74) is -0.524. The Balaban J connectivity index is 3.66. The zero-order valence-corrected chi connectivity index (χ0v) is 8.65. The second kappa shape index (κ2) is 5.67. The number of hydrogen-bond donors (Lipinski definition) is 3. The van der Waals surface area contributed by atoms with Crippen LogP contribution in [0.3, 0.4) is 0 Å². The number of amides is 1. The maximum absolute atomic E-state index is 11.0. The summed E-state index contributed by atoms with van der Waals surface area (Å²) in [5, 5.41) is 19.3. The minimum Gasteiger partial charge on any atom is -0.444 e. The highest BCUT2D eigenvalue weighted by Gasteiger charge is 2.14. The first-order valence-electron chi connectivity index (χ1n) is 4.31. The zero-order chi connectivity index (χ0) is 11.2. The molecule has 1 amide bonds. The summed E-state index contributed by atoms with van der Waals surface area (Å²) in [6.07, 6.45) is 0.892. The number of ether oxygens (including phenoxy) is 1. The molecule has 0 unspecified atom stereocenters. The van der Waals surface area contributed by atoms with E-state index in [1.807, 2.05) is 0 Å². The fourth-order valence-electron chi connectivity index (χ4n) is 0.646. The average molecular weight is 201 g/mol. The first-order valence-corrected chi connectivity index (χ1v) is 4.31. The molecule has 0 saturated heterocycles. The molecule has 0 saturated carbocycles. The van der Waals surface area contributed by atoms with E-state index < -0.39 is 18.8 Å². The van der Waals surface area contributed by atoms with E-state index in [9.17, 15) is 4.79 Å². The van der Waals surface area contributed by atoms with Gasteiger partial charge in [0.15, 0.2) is 0 Å². The molecule has 0 radical (unpaired) electrons. The van der Waals surface area contributed by atoms with Crippen LogP contribution in [-0.4, -0.2) is 35.4 Å². The molecule has 0 bridgehead atoms. The van der Waals surface area contributed by atoms with Crippen molar-refractivity contribution < 1.29 is 19.6 Å². The van der Waals surface area contributed by atoms with Crippen molar-refractivity contribution in [3.05, 3.63) is 12.1 Å². The summed E-state index contributed by atoms with van der Waals surface area (Å²) in [7, 11) is -1.49. The molecule has 0 aliphatic carbocycles. The number of rotatable bonds is 3. The Morgan fingerprint density at radius 3 is 2.50 bits per heavy atom. The minimum absolute atomic E-state index is 0.201. The minimum atomic E-state index is -1.49. The third-order valence-corrected chi connectivity index (χ3v) is 1.07. The van der Waals surface area contributed by atoms with Gasteiger partial charge in [0.05, 0.1) is 0 Å². The Labute approximate surface area is 83.9 Å². The molecule has 0 rings (SSSR count). The van der Waals surface area contributed by atoms with Crippen LogP contribution in [0.4, 0.5) is 4.79 Å². The first kappa shape index (κ1) is 13.0. The van der Waals surface area contributed by atoms with E-state index in [0.717, 1.165) is 5.98 Å². The van der Waals surface area contributed by atoms with Gasteiger partial charge in [0.2, 0.25) is 0 Å². The van der Waals surface area contributed by atoms with E-state index in [-0.39, 0.29) is 6.54 Å². The molecule has 0 aromatic rings. The maximum Gasteiger partial charge on any atom is 0.480 e. The van der Waals surface area contributed by atoms with Gasteiger partial charge in [-0.15, -0.1) is 0 Å². The van der Waals surface area contributed by atoms with Crippen molar-refractivity contribution in [3.8, 4) is 0 Å². The van der Waals surface area contributed by atoms with Gasteiger partial charge >= 0.3 is 13.2 Å². The van der Waals surface area contributed by atoms with Crippen molar-refractivity contribution in [2.45, 2.75) is 26.4 Å². The number of carbonyl (C=O) groups is 1. The lowest BCUT2D eigenvalue weighted by atomic mass is 9.92. The lowest BCUT2D eigenvalue weighted by Crippen LogP contribution is -2.32. The Morgan fingerprint density at radius 1 is 1.50 bits per heavy atom. The van der Waals surface area contributed by atoms with Gasteiger partial charge < -0.3 is 20.1 Å². The van der Waals surface area contributed by atoms with E-state index in [2.05, 4.69) is 5.32 Å². The van der Waals surface area contributed by atoms with Gasteiger partial charge in [-0.25, -0.2) is 4.79 Å². The molecular formula is C8H16BNO4. The molecule has 80 valence electrons. The van der Waals surface area contributed by atoms with Crippen LogP contribution in [0.25, 0.3) is 0 Å². The highest BCUT2D eigenvalue weighted by molar-refractivity contribution is 6.47. The molecule has 0 aliphatic heterocycles. The van der Waals surface area contributed by atoms with Gasteiger partial charge in [0.25, 0.3) is 0 Å². The maximum atomic E-state index is 11.0. The molecule has 0 spiro atoms. The Kier molecular flexibility index (Phi) is 5.26. The molecule has 0 aromatic carbocycles. The molecule has 0 fully saturated rings. The fourth-order valence-corrected chi connectivity index (χ4v) is 0.646. The van der Waals surface area contributed by atoms with E-state index in [0.29, 0.717) is 0 Å². The highest BCUT2D eigenvalue weighted by atomic mass is 16.6. The summed E-state index contributed by atoms with van der Waals surface area (Å²) < 4.78 is 4.94. The van der Waals surface area contributed by atoms with Crippen LogP contribution in [0.2, 0.25) is 0 Å². The van der Waals surface area contributed by atoms with Crippen molar-refractivity contribution in [1.82, 2.24) is 5.32 Å². The summed E-state index contributed by atoms with van der Waals surface area (Å²) >= 11 is 0. The molecule has 5 nitrogen and oxygen atoms in total. The molecule has 0 heterocycles. The van der Waals surface area contributed by atoms with E-state index in [1.54, 1.807) is 20.8 Å². The van der Waals surface area contributed by atoms with E-state index in [4.69, 9.17) is 14.8 Å². The van der Waals surface area contributed by atoms with Crippen LogP contribution >= 0.6 is 0 Å². The van der Waals surface area contributed by atoms with Crippen molar-refractivity contribution in [3.63, 3.8) is 0 Å². The molecule has 6 heteroatoms. The Bertz CT molecular complexity index is 210. The van der Waals surface area contributed by atoms with Gasteiger partial charge in [-0.1, -0.05) is 12.1 Å². The standard InChI is InChI=1S/C8H16BNO4/c1-8(2,3)14-7(11)10-6-4-5-9(12)13/h4-5,12-13H,6H2,1-3H3,(H,10,11)/b5-4-. The smallest absolute Gasteiger partial charge is 0.444 e. The number of nitrogens with one attached hydrogen (secondary N) is 1. The van der Waals surface area contributed by atoms with Crippen LogP contribution in [0.15, 0.2) is 12.1 Å². The van der Waals surface area contributed by atoms with Crippen LogP contribution in [0.5, 0.6) is 0 Å². The fraction of sp³-hybridized carbons (Fsp3) is 0.625. The van der Waals surface area contributed by atoms with Gasteiger partial charge in [-0.3, -0.25) is 0 Å². The lowest BCUT2D eigenvalue weighted by molar-refractivity contribution is 0.0534. The summed E-state index contributed by atoms with van der Waals surface area (Å²) in [6, 6.07) is 0. The Morgan fingerprint density at radius 2 is 2.07 bits per heavy atom. The molecule has 3 N–H and O–H groups in total. The second-order valence-electron chi connectivity index (χ2n) is 3.72. The predicted octanol–water partition coefficient (Wildman–Crippen LogP) is 0.0793. The summed E-state index contributed by atoms with van der Waals surface area (Å²) in [4.78, 5) is 11.0. The van der Waals surface area contributed by atoms with Crippen molar-refractivity contribution in [2.75, 3.05) is 6.54 Å². The van der Waals surface area contributed by atoms with Crippen LogP contribution in [-0.2, 0) is 4.74 Å². The monoisotopic (exact) mass is 201 g/mol. The van der Waals surface area contributed by atoms with Gasteiger partial charge in [0, 0.05) is 6.54 Å². The SMILES string of the molecule is CC(C)(C)OC(=O)NC/C=C\B(O)O. The van der Waals surface area contributed by atoms with Gasteiger partial charge in [-0.2, -0.15) is 0 Å². The quantitative estimate of drug-likeness (QED) is 0.565. The van der Waals surface area contributed by atoms with Crippen molar-refractivity contribution in [2.24, 2.45) is 0 Å². The highest BCUT2D eigenvalue weighted by Crippen LogP contribution is 2.05. The van der Waals surface area contributed by atoms with Crippen molar-refractivity contribution >= 4 is 13.2 Å². The molecular weight excluding hydrogens is 185 g/mol. The van der Waals surface area contributed by atoms with Crippen LogP contribution < -0.4 is 5.32 Å². The normalized spacial score (nSPS) is 11.5. The number of carbonyl (C=O) groups excluding carboxylic acids is 1. The Hall–Kier alpha value is -1.01. The van der Waals surface area contributed by atoms with E-state index >= 15 is 0 Å². The van der Waals surface area contributed by atoms with Gasteiger partial charge in [0.1, 0.15) is 5.60 Å². The summed E-state index contributed by atoms with van der Waals surface area (Å²) in [6.45, 7) is 5.49. The zero-order valence-electron chi connectivity index (χ0n) is 8.65. The van der Waals surface area contributed by atoms with Crippen LogP contribution in [0.1, 0.15) is 20.8 Å².